The summed E-state index contributed by atoms with van der Waals surface area (Å²) in [5.41, 5.74) is -0.404. The van der Waals surface area contributed by atoms with Gasteiger partial charge in [0.2, 0.25) is 5.91 Å². The van der Waals surface area contributed by atoms with Gasteiger partial charge in [0, 0.05) is 16.9 Å². The van der Waals surface area contributed by atoms with E-state index in [0.717, 1.165) is 17.7 Å². The molecule has 114 valence electrons. The summed E-state index contributed by atoms with van der Waals surface area (Å²) in [5, 5.41) is 15.3. The summed E-state index contributed by atoms with van der Waals surface area (Å²) in [5.74, 6) is 1.39. The summed E-state index contributed by atoms with van der Waals surface area (Å²) in [6.07, 6.45) is 1.16. The number of rotatable bonds is 6. The molecule has 2 aromatic heterocycles. The van der Waals surface area contributed by atoms with Crippen molar-refractivity contribution in [1.82, 2.24) is 5.32 Å². The zero-order chi connectivity index (χ0) is 15.5. The number of aryl methyl sites for hydroxylation is 3. The molecule has 21 heavy (non-hydrogen) atoms. The van der Waals surface area contributed by atoms with Crippen LogP contribution in [0.25, 0.3) is 0 Å². The Hall–Kier alpha value is -1.59. The van der Waals surface area contributed by atoms with Crippen LogP contribution in [0.1, 0.15) is 35.3 Å². The highest BCUT2D eigenvalue weighted by atomic mass is 32.1. The van der Waals surface area contributed by atoms with Crippen LogP contribution in [0, 0.1) is 13.8 Å². The van der Waals surface area contributed by atoms with Gasteiger partial charge in [-0.05, 0) is 44.7 Å². The molecule has 0 bridgehead atoms. The van der Waals surface area contributed by atoms with E-state index >= 15 is 0 Å². The van der Waals surface area contributed by atoms with Crippen molar-refractivity contribution in [3.63, 3.8) is 0 Å². The van der Waals surface area contributed by atoms with E-state index in [1.54, 1.807) is 18.3 Å². The maximum Gasteiger partial charge on any atom is 0.220 e. The number of thiophene rings is 1. The Kier molecular flexibility index (Phi) is 4.85. The van der Waals surface area contributed by atoms with Crippen LogP contribution in [0.4, 0.5) is 0 Å². The molecule has 2 aromatic rings. The highest BCUT2D eigenvalue weighted by Gasteiger charge is 2.28. The molecule has 0 aliphatic rings. The van der Waals surface area contributed by atoms with E-state index in [1.165, 1.54) is 4.88 Å². The van der Waals surface area contributed by atoms with Crippen LogP contribution in [0.3, 0.4) is 0 Å². The lowest BCUT2D eigenvalue weighted by atomic mass is 9.96. The number of carbonyl (C=O) groups is 1. The monoisotopic (exact) mass is 307 g/mol. The maximum atomic E-state index is 11.9. The van der Waals surface area contributed by atoms with E-state index in [2.05, 4.69) is 5.32 Å². The summed E-state index contributed by atoms with van der Waals surface area (Å²) < 4.78 is 5.43. The molecule has 0 aliphatic heterocycles. The Morgan fingerprint density at radius 2 is 2.24 bits per heavy atom. The largest absolute Gasteiger partial charge is 0.466 e. The van der Waals surface area contributed by atoms with Gasteiger partial charge < -0.3 is 14.8 Å². The van der Waals surface area contributed by atoms with E-state index in [0.29, 0.717) is 12.2 Å². The molecule has 4 nitrogen and oxygen atoms in total. The normalized spacial score (nSPS) is 13.9. The Morgan fingerprint density at radius 1 is 1.48 bits per heavy atom. The minimum absolute atomic E-state index is 0.0541. The van der Waals surface area contributed by atoms with Gasteiger partial charge in [-0.2, -0.15) is 0 Å². The molecule has 2 rings (SSSR count). The minimum Gasteiger partial charge on any atom is -0.466 e. The van der Waals surface area contributed by atoms with Crippen molar-refractivity contribution in [2.75, 3.05) is 6.54 Å². The lowest BCUT2D eigenvalue weighted by molar-refractivity contribution is -0.122. The number of nitrogens with one attached hydrogen (secondary N) is 1. The third kappa shape index (κ3) is 4.19. The summed E-state index contributed by atoms with van der Waals surface area (Å²) in [4.78, 5) is 13.1. The van der Waals surface area contributed by atoms with Gasteiger partial charge in [0.25, 0.3) is 0 Å². The highest BCUT2D eigenvalue weighted by Crippen LogP contribution is 2.26. The molecule has 0 radical (unpaired) electrons. The van der Waals surface area contributed by atoms with Gasteiger partial charge in [-0.3, -0.25) is 4.79 Å². The van der Waals surface area contributed by atoms with Crippen molar-refractivity contribution >= 4 is 17.2 Å². The first kappa shape index (κ1) is 15.8. The molecular weight excluding hydrogens is 286 g/mol. The maximum absolute atomic E-state index is 11.9. The topological polar surface area (TPSA) is 62.5 Å². The fourth-order valence-electron chi connectivity index (χ4n) is 2.31. The SMILES string of the molecule is Cc1cc(C(C)(O)CNC(=O)CCc2cccs2)c(C)o1. The van der Waals surface area contributed by atoms with Crippen LogP contribution in [-0.4, -0.2) is 17.6 Å². The molecule has 1 amide bonds. The first-order chi connectivity index (χ1) is 9.88. The second kappa shape index (κ2) is 6.45. The molecule has 1 atom stereocenters. The third-order valence-corrected chi connectivity index (χ3v) is 4.37. The molecule has 5 heteroatoms. The van der Waals surface area contributed by atoms with Crippen molar-refractivity contribution < 1.29 is 14.3 Å². The van der Waals surface area contributed by atoms with E-state index in [1.807, 2.05) is 37.4 Å². The first-order valence-electron chi connectivity index (χ1n) is 6.97. The van der Waals surface area contributed by atoms with Gasteiger partial charge in [0.05, 0.1) is 6.54 Å². The summed E-state index contributed by atoms with van der Waals surface area (Å²) in [6, 6.07) is 5.81. The molecule has 0 aromatic carbocycles. The zero-order valence-corrected chi connectivity index (χ0v) is 13.4. The number of furan rings is 1. The Balaban J connectivity index is 1.86. The van der Waals surface area contributed by atoms with Crippen molar-refractivity contribution in [2.45, 2.75) is 39.2 Å². The van der Waals surface area contributed by atoms with E-state index in [-0.39, 0.29) is 12.5 Å². The van der Waals surface area contributed by atoms with E-state index in [4.69, 9.17) is 4.42 Å². The van der Waals surface area contributed by atoms with E-state index < -0.39 is 5.60 Å². The van der Waals surface area contributed by atoms with Gasteiger partial charge in [0.1, 0.15) is 17.1 Å². The molecule has 2 heterocycles. The van der Waals surface area contributed by atoms with Crippen molar-refractivity contribution in [3.05, 3.63) is 45.5 Å². The Labute approximate surface area is 128 Å². The lowest BCUT2D eigenvalue weighted by Gasteiger charge is -2.23. The zero-order valence-electron chi connectivity index (χ0n) is 12.6. The second-order valence-electron chi connectivity index (χ2n) is 5.46. The number of aliphatic hydroxyl groups is 1. The molecule has 0 fully saturated rings. The van der Waals surface area contributed by atoms with Crippen LogP contribution in [-0.2, 0) is 16.8 Å². The average Bonchev–Trinajstić information content (AvgIpc) is 3.04. The molecule has 0 aliphatic carbocycles. The van der Waals surface area contributed by atoms with Gasteiger partial charge >= 0.3 is 0 Å². The van der Waals surface area contributed by atoms with Crippen LogP contribution in [0.5, 0.6) is 0 Å². The summed E-state index contributed by atoms with van der Waals surface area (Å²) >= 11 is 1.65. The second-order valence-corrected chi connectivity index (χ2v) is 6.49. The predicted octanol–water partition coefficient (Wildman–Crippen LogP) is 2.91. The van der Waals surface area contributed by atoms with E-state index in [9.17, 15) is 9.90 Å². The predicted molar refractivity (Wildman–Crippen MR) is 83.4 cm³/mol. The smallest absolute Gasteiger partial charge is 0.220 e. The number of amides is 1. The minimum atomic E-state index is -1.12. The van der Waals surface area contributed by atoms with Gasteiger partial charge in [-0.25, -0.2) is 0 Å². The molecule has 1 unspecified atom stereocenters. The van der Waals surface area contributed by atoms with Crippen LogP contribution < -0.4 is 5.32 Å². The number of hydrogen-bond donors (Lipinski definition) is 2. The van der Waals surface area contributed by atoms with Gasteiger partial charge in [-0.15, -0.1) is 11.3 Å². The van der Waals surface area contributed by atoms with Crippen LogP contribution >= 0.6 is 11.3 Å². The quantitative estimate of drug-likeness (QED) is 0.862. The standard InChI is InChI=1S/C16H21NO3S/c1-11-9-14(12(2)20-11)16(3,19)10-17-15(18)7-6-13-5-4-8-21-13/h4-5,8-9,19H,6-7,10H2,1-3H3,(H,17,18). The molecular formula is C16H21NO3S. The van der Waals surface area contributed by atoms with Gasteiger partial charge in [0.15, 0.2) is 0 Å². The average molecular weight is 307 g/mol. The molecule has 0 saturated carbocycles. The fraction of sp³-hybridized carbons (Fsp3) is 0.438. The Morgan fingerprint density at radius 3 is 2.81 bits per heavy atom. The van der Waals surface area contributed by atoms with Gasteiger partial charge in [-0.1, -0.05) is 6.07 Å². The molecule has 2 N–H and O–H groups in total. The molecule has 0 spiro atoms. The Bertz CT molecular complexity index is 599. The summed E-state index contributed by atoms with van der Waals surface area (Å²) in [7, 11) is 0. The number of carbonyl (C=O) groups excluding carboxylic acids is 1. The van der Waals surface area contributed by atoms with Crippen LogP contribution in [0.15, 0.2) is 28.0 Å². The van der Waals surface area contributed by atoms with Crippen molar-refractivity contribution in [2.24, 2.45) is 0 Å². The molecule has 0 saturated heterocycles. The first-order valence-corrected chi connectivity index (χ1v) is 7.85. The fourth-order valence-corrected chi connectivity index (χ4v) is 3.02. The summed E-state index contributed by atoms with van der Waals surface area (Å²) in [6.45, 7) is 5.52. The number of hydrogen-bond acceptors (Lipinski definition) is 4. The van der Waals surface area contributed by atoms with Crippen molar-refractivity contribution in [3.8, 4) is 0 Å². The highest BCUT2D eigenvalue weighted by molar-refractivity contribution is 7.09. The lowest BCUT2D eigenvalue weighted by Crippen LogP contribution is -2.38. The van der Waals surface area contributed by atoms with Crippen molar-refractivity contribution in [1.29, 1.82) is 0 Å². The third-order valence-electron chi connectivity index (χ3n) is 3.43. The van der Waals surface area contributed by atoms with Crippen LogP contribution in [0.2, 0.25) is 0 Å².